The predicted octanol–water partition coefficient (Wildman–Crippen LogP) is 4.68. The highest BCUT2D eigenvalue weighted by molar-refractivity contribution is 5.79. The number of rotatable bonds is 6. The smallest absolute Gasteiger partial charge is 0.228 e. The fourth-order valence-corrected chi connectivity index (χ4v) is 4.28. The van der Waals surface area contributed by atoms with Crippen LogP contribution in [-0.2, 0) is 11.4 Å². The highest BCUT2D eigenvalue weighted by atomic mass is 16.6. The van der Waals surface area contributed by atoms with Crippen LogP contribution in [0, 0.1) is 0 Å². The Labute approximate surface area is 206 Å². The van der Waals surface area contributed by atoms with E-state index in [0.717, 1.165) is 28.0 Å². The maximum absolute atomic E-state index is 10.0. The van der Waals surface area contributed by atoms with E-state index in [4.69, 9.17) is 19.3 Å². The van der Waals surface area contributed by atoms with E-state index in [2.05, 4.69) is 15.2 Å². The number of phenols is 1. The molecule has 1 N–H and O–H groups in total. The van der Waals surface area contributed by atoms with E-state index in [9.17, 15) is 5.11 Å². The molecule has 0 amide bonds. The van der Waals surface area contributed by atoms with Crippen molar-refractivity contribution in [2.24, 2.45) is 5.16 Å². The molecule has 3 heterocycles. The predicted molar refractivity (Wildman–Crippen MR) is 132 cm³/mol. The van der Waals surface area contributed by atoms with Crippen LogP contribution in [0.15, 0.2) is 84.3 Å². The van der Waals surface area contributed by atoms with Gasteiger partial charge in [0.05, 0.1) is 18.9 Å². The largest absolute Gasteiger partial charge is 0.508 e. The van der Waals surface area contributed by atoms with Crippen LogP contribution in [-0.4, -0.2) is 38.0 Å². The van der Waals surface area contributed by atoms with Gasteiger partial charge in [-0.2, -0.15) is 0 Å². The summed E-state index contributed by atoms with van der Waals surface area (Å²) in [5.74, 6) is 2.14. The van der Waals surface area contributed by atoms with E-state index in [-0.39, 0.29) is 18.3 Å². The van der Waals surface area contributed by atoms with Gasteiger partial charge in [0, 0.05) is 17.5 Å². The normalized spacial score (nSPS) is 14.3. The summed E-state index contributed by atoms with van der Waals surface area (Å²) in [6.07, 6.45) is 3.17. The van der Waals surface area contributed by atoms with Crippen molar-refractivity contribution in [1.82, 2.24) is 19.6 Å². The summed E-state index contributed by atoms with van der Waals surface area (Å²) in [6.45, 7) is 0.0877. The second-order valence-corrected chi connectivity index (χ2v) is 8.21. The first-order valence-electron chi connectivity index (χ1n) is 11.3. The number of ether oxygens (including phenoxy) is 2. The van der Waals surface area contributed by atoms with Crippen LogP contribution in [0.2, 0.25) is 0 Å². The Morgan fingerprint density at radius 3 is 2.72 bits per heavy atom. The average molecular weight is 479 g/mol. The third kappa shape index (κ3) is 3.96. The zero-order valence-corrected chi connectivity index (χ0v) is 19.3. The first-order chi connectivity index (χ1) is 17.7. The van der Waals surface area contributed by atoms with Crippen LogP contribution in [0.3, 0.4) is 0 Å². The fourth-order valence-electron chi connectivity index (χ4n) is 4.28. The topological polar surface area (TPSA) is 103 Å². The van der Waals surface area contributed by atoms with E-state index in [1.165, 1.54) is 0 Å². The van der Waals surface area contributed by atoms with Crippen molar-refractivity contribution in [2.45, 2.75) is 12.5 Å². The zero-order valence-electron chi connectivity index (χ0n) is 19.3. The summed E-state index contributed by atoms with van der Waals surface area (Å²) in [7, 11) is 1.62. The number of hydrogen-bond donors (Lipinski definition) is 1. The minimum Gasteiger partial charge on any atom is -0.508 e. The third-order valence-electron chi connectivity index (χ3n) is 5.95. The number of aromatic nitrogens is 4. The van der Waals surface area contributed by atoms with Crippen LogP contribution < -0.4 is 9.47 Å². The molecule has 5 aromatic rings. The lowest BCUT2D eigenvalue weighted by Crippen LogP contribution is -2.14. The Balaban J connectivity index is 1.32. The molecule has 1 unspecified atom stereocenters. The molecule has 0 aliphatic carbocycles. The standard InChI is InChI=1S/C27H21N5O4/c1-34-20-10-7-17(8-11-20)14-29-35-15-23-30-26-25-24(18-5-3-2-4-6-18)21-12-9-19(33)13-22(21)36-27(25)28-16-32(26)31-23/h2-14,16,24,33H,15H2,1H3. The van der Waals surface area contributed by atoms with Crippen LogP contribution in [0.5, 0.6) is 23.1 Å². The van der Waals surface area contributed by atoms with Crippen molar-refractivity contribution in [3.63, 3.8) is 0 Å². The van der Waals surface area contributed by atoms with Crippen molar-refractivity contribution < 1.29 is 19.4 Å². The van der Waals surface area contributed by atoms with Crippen molar-refractivity contribution in [3.8, 4) is 23.1 Å². The molecule has 1 atom stereocenters. The molecule has 9 nitrogen and oxygen atoms in total. The lowest BCUT2D eigenvalue weighted by Gasteiger charge is -2.27. The fraction of sp³-hybridized carbons (Fsp3) is 0.111. The SMILES string of the molecule is COc1ccc(C=NOCc2nc3c4c(ncn3n2)Oc2cc(O)ccc2C4c2ccccc2)cc1. The van der Waals surface area contributed by atoms with Crippen molar-refractivity contribution >= 4 is 11.9 Å². The summed E-state index contributed by atoms with van der Waals surface area (Å²) in [4.78, 5) is 14.7. The number of fused-ring (bicyclic) bond motifs is 4. The van der Waals surface area contributed by atoms with Crippen molar-refractivity contribution in [1.29, 1.82) is 0 Å². The molecule has 3 aromatic carbocycles. The number of methoxy groups -OCH3 is 1. The molecule has 0 bridgehead atoms. The number of benzene rings is 3. The first kappa shape index (κ1) is 21.6. The van der Waals surface area contributed by atoms with E-state index in [1.54, 1.807) is 36.3 Å². The second kappa shape index (κ2) is 9.03. The Kier molecular flexibility index (Phi) is 5.42. The van der Waals surface area contributed by atoms with E-state index < -0.39 is 0 Å². The molecular formula is C27H21N5O4. The van der Waals surface area contributed by atoms with Gasteiger partial charge in [0.15, 0.2) is 18.1 Å². The molecule has 178 valence electrons. The van der Waals surface area contributed by atoms with Gasteiger partial charge in [-0.05, 0) is 41.5 Å². The summed E-state index contributed by atoms with van der Waals surface area (Å²) in [5.41, 5.74) is 4.25. The van der Waals surface area contributed by atoms with Crippen LogP contribution in [0.1, 0.15) is 34.0 Å². The number of phenolic OH excluding ortho intramolecular Hbond substituents is 1. The lowest BCUT2D eigenvalue weighted by molar-refractivity contribution is 0.126. The molecule has 1 aliphatic rings. The molecule has 9 heteroatoms. The van der Waals surface area contributed by atoms with E-state index in [1.807, 2.05) is 60.7 Å². The number of aromatic hydroxyl groups is 1. The lowest BCUT2D eigenvalue weighted by atomic mass is 9.84. The summed E-state index contributed by atoms with van der Waals surface area (Å²) in [6, 6.07) is 22.6. The van der Waals surface area contributed by atoms with Gasteiger partial charge in [0.25, 0.3) is 0 Å². The molecule has 0 radical (unpaired) electrons. The molecular weight excluding hydrogens is 458 g/mol. The summed E-state index contributed by atoms with van der Waals surface area (Å²) in [5, 5.41) is 18.6. The molecule has 2 aromatic heterocycles. The zero-order chi connectivity index (χ0) is 24.5. The molecule has 0 saturated carbocycles. The molecule has 0 fully saturated rings. The third-order valence-corrected chi connectivity index (χ3v) is 5.95. The molecule has 0 spiro atoms. The Hall–Kier alpha value is -4.92. The molecule has 0 saturated heterocycles. The molecule has 1 aliphatic heterocycles. The van der Waals surface area contributed by atoms with Gasteiger partial charge in [0.1, 0.15) is 23.6 Å². The van der Waals surface area contributed by atoms with Gasteiger partial charge in [-0.25, -0.2) is 14.5 Å². The highest BCUT2D eigenvalue weighted by Gasteiger charge is 2.33. The van der Waals surface area contributed by atoms with Gasteiger partial charge in [-0.1, -0.05) is 41.6 Å². The number of oxime groups is 1. The second-order valence-electron chi connectivity index (χ2n) is 8.21. The minimum atomic E-state index is -0.201. The van der Waals surface area contributed by atoms with Gasteiger partial charge in [0.2, 0.25) is 5.88 Å². The highest BCUT2D eigenvalue weighted by Crippen LogP contribution is 2.48. The van der Waals surface area contributed by atoms with Gasteiger partial charge < -0.3 is 19.4 Å². The van der Waals surface area contributed by atoms with Crippen molar-refractivity contribution in [2.75, 3.05) is 7.11 Å². The number of hydrogen-bond acceptors (Lipinski definition) is 8. The van der Waals surface area contributed by atoms with Crippen LogP contribution in [0.25, 0.3) is 5.65 Å². The average Bonchev–Trinajstić information content (AvgIpc) is 3.34. The Morgan fingerprint density at radius 1 is 1.08 bits per heavy atom. The quantitative estimate of drug-likeness (QED) is 0.273. The van der Waals surface area contributed by atoms with Crippen LogP contribution in [0.4, 0.5) is 0 Å². The summed E-state index contributed by atoms with van der Waals surface area (Å²) < 4.78 is 12.9. The molecule has 36 heavy (non-hydrogen) atoms. The monoisotopic (exact) mass is 479 g/mol. The summed E-state index contributed by atoms with van der Waals surface area (Å²) >= 11 is 0. The van der Waals surface area contributed by atoms with Gasteiger partial charge in [-0.15, -0.1) is 5.10 Å². The molecule has 6 rings (SSSR count). The van der Waals surface area contributed by atoms with Crippen molar-refractivity contribution in [3.05, 3.63) is 107 Å². The maximum Gasteiger partial charge on any atom is 0.228 e. The Bertz CT molecular complexity index is 1570. The maximum atomic E-state index is 10.0. The Morgan fingerprint density at radius 2 is 1.92 bits per heavy atom. The minimum absolute atomic E-state index is 0.0877. The van der Waals surface area contributed by atoms with Gasteiger partial charge in [-0.3, -0.25) is 0 Å². The van der Waals surface area contributed by atoms with Crippen LogP contribution >= 0.6 is 0 Å². The number of nitrogens with zero attached hydrogens (tertiary/aromatic N) is 5. The van der Waals surface area contributed by atoms with Gasteiger partial charge >= 0.3 is 0 Å². The first-order valence-corrected chi connectivity index (χ1v) is 11.3. The van der Waals surface area contributed by atoms with E-state index >= 15 is 0 Å². The van der Waals surface area contributed by atoms with E-state index in [0.29, 0.717) is 23.1 Å².